The number of halogens is 1. The zero-order valence-electron chi connectivity index (χ0n) is 15.2. The number of nitrogens with one attached hydrogen (secondary N) is 1. The Balaban J connectivity index is 1.73. The van der Waals surface area contributed by atoms with Crippen LogP contribution >= 0.6 is 0 Å². The highest BCUT2D eigenvalue weighted by molar-refractivity contribution is 5.83. The molecule has 26 heavy (non-hydrogen) atoms. The fourth-order valence-corrected chi connectivity index (χ4v) is 3.46. The predicted octanol–water partition coefficient (Wildman–Crippen LogP) is 2.67. The van der Waals surface area contributed by atoms with Crippen LogP contribution in [0.25, 0.3) is 0 Å². The van der Waals surface area contributed by atoms with Gasteiger partial charge in [0.2, 0.25) is 5.91 Å². The van der Waals surface area contributed by atoms with E-state index in [-0.39, 0.29) is 11.7 Å². The van der Waals surface area contributed by atoms with E-state index in [1.54, 1.807) is 18.5 Å². The van der Waals surface area contributed by atoms with Gasteiger partial charge in [0.25, 0.3) is 0 Å². The number of carbonyl (C=O) groups is 1. The summed E-state index contributed by atoms with van der Waals surface area (Å²) < 4.78 is 15.3. The molecule has 2 heterocycles. The van der Waals surface area contributed by atoms with Crippen LogP contribution in [-0.2, 0) is 17.9 Å². The lowest BCUT2D eigenvalue weighted by atomic mass is 10.0. The smallest absolute Gasteiger partial charge is 0.242 e. The summed E-state index contributed by atoms with van der Waals surface area (Å²) in [6, 6.07) is 5.83. The number of aromatic nitrogens is 3. The molecule has 0 radical (unpaired) electrons. The van der Waals surface area contributed by atoms with Gasteiger partial charge < -0.3 is 9.88 Å². The molecule has 1 aromatic heterocycles. The molecular formula is C19H26FN5O. The molecule has 0 unspecified atom stereocenters. The molecule has 1 saturated heterocycles. The van der Waals surface area contributed by atoms with Crippen molar-refractivity contribution in [1.82, 2.24) is 25.0 Å². The Bertz CT molecular complexity index is 709. The van der Waals surface area contributed by atoms with Crippen molar-refractivity contribution in [3.63, 3.8) is 0 Å². The first-order valence-electron chi connectivity index (χ1n) is 9.33. The number of hydrogen-bond donors (Lipinski definition) is 1. The molecule has 1 N–H and O–H groups in total. The van der Waals surface area contributed by atoms with E-state index in [1.807, 2.05) is 4.57 Å². The summed E-state index contributed by atoms with van der Waals surface area (Å²) >= 11 is 0. The fourth-order valence-electron chi connectivity index (χ4n) is 3.46. The van der Waals surface area contributed by atoms with Crippen molar-refractivity contribution < 1.29 is 9.18 Å². The lowest BCUT2D eigenvalue weighted by molar-refractivity contribution is -0.127. The van der Waals surface area contributed by atoms with Gasteiger partial charge in [0.15, 0.2) is 5.82 Å². The number of piperidine rings is 1. The zero-order chi connectivity index (χ0) is 18.4. The van der Waals surface area contributed by atoms with Crippen molar-refractivity contribution in [2.75, 3.05) is 13.1 Å². The summed E-state index contributed by atoms with van der Waals surface area (Å²) in [5.41, 5.74) is 0.820. The number of likely N-dealkylation sites (tertiary alicyclic amines) is 1. The third kappa shape index (κ3) is 4.46. The average Bonchev–Trinajstić information content (AvgIpc) is 3.10. The van der Waals surface area contributed by atoms with Crippen molar-refractivity contribution in [1.29, 1.82) is 0 Å². The van der Waals surface area contributed by atoms with E-state index >= 15 is 0 Å². The van der Waals surface area contributed by atoms with Gasteiger partial charge in [-0.15, -0.1) is 10.2 Å². The lowest BCUT2D eigenvalue weighted by Crippen LogP contribution is -2.43. The summed E-state index contributed by atoms with van der Waals surface area (Å²) in [5, 5.41) is 11.0. The third-order valence-electron chi connectivity index (χ3n) is 4.77. The van der Waals surface area contributed by atoms with Crippen molar-refractivity contribution in [2.45, 2.75) is 51.7 Å². The Kier molecular flexibility index (Phi) is 6.33. The molecule has 1 fully saturated rings. The Labute approximate surface area is 153 Å². The number of hydrogen-bond acceptors (Lipinski definition) is 4. The van der Waals surface area contributed by atoms with Crippen molar-refractivity contribution in [2.24, 2.45) is 0 Å². The first-order chi connectivity index (χ1) is 12.7. The van der Waals surface area contributed by atoms with Gasteiger partial charge in [-0.1, -0.05) is 25.5 Å². The predicted molar refractivity (Wildman–Crippen MR) is 96.7 cm³/mol. The molecule has 0 spiro atoms. The second-order valence-electron chi connectivity index (χ2n) is 6.71. The average molecular weight is 359 g/mol. The number of nitrogens with zero attached hydrogens (tertiary/aromatic N) is 4. The first kappa shape index (κ1) is 18.5. The standard InChI is InChI=1S/C19H26FN5O/c1-2-10-25-14-22-23-17(25)13-21-19(26)18(24-11-4-3-5-12-24)15-6-8-16(20)9-7-15/h6-9,14,18H,2-5,10-13H2,1H3,(H,21,26)/t18-/m1/s1. The van der Waals surface area contributed by atoms with E-state index < -0.39 is 6.04 Å². The van der Waals surface area contributed by atoms with E-state index in [0.29, 0.717) is 6.54 Å². The van der Waals surface area contributed by atoms with Gasteiger partial charge in [-0.3, -0.25) is 9.69 Å². The summed E-state index contributed by atoms with van der Waals surface area (Å²) in [4.78, 5) is 15.2. The topological polar surface area (TPSA) is 63.1 Å². The largest absolute Gasteiger partial charge is 0.347 e. The lowest BCUT2D eigenvalue weighted by Gasteiger charge is -2.33. The maximum absolute atomic E-state index is 13.3. The molecule has 1 aliphatic rings. The van der Waals surface area contributed by atoms with E-state index in [0.717, 1.165) is 50.3 Å². The van der Waals surface area contributed by atoms with Crippen LogP contribution in [0, 0.1) is 5.82 Å². The van der Waals surface area contributed by atoms with Gasteiger partial charge in [0.05, 0.1) is 6.54 Å². The second kappa shape index (κ2) is 8.89. The van der Waals surface area contributed by atoms with Gasteiger partial charge in [0, 0.05) is 6.54 Å². The third-order valence-corrected chi connectivity index (χ3v) is 4.77. The molecule has 0 bridgehead atoms. The van der Waals surface area contributed by atoms with Crippen LogP contribution in [0.4, 0.5) is 4.39 Å². The molecule has 0 saturated carbocycles. The number of carbonyl (C=O) groups excluding carboxylic acids is 1. The molecule has 140 valence electrons. The van der Waals surface area contributed by atoms with Crippen LogP contribution in [0.1, 0.15) is 50.0 Å². The summed E-state index contributed by atoms with van der Waals surface area (Å²) in [5.74, 6) is 0.375. The van der Waals surface area contributed by atoms with Crippen molar-refractivity contribution >= 4 is 5.91 Å². The molecule has 1 amide bonds. The van der Waals surface area contributed by atoms with Crippen LogP contribution in [-0.4, -0.2) is 38.7 Å². The number of amides is 1. The van der Waals surface area contributed by atoms with Crippen LogP contribution in [0.5, 0.6) is 0 Å². The molecule has 1 aliphatic heterocycles. The van der Waals surface area contributed by atoms with E-state index in [9.17, 15) is 9.18 Å². The quantitative estimate of drug-likeness (QED) is 0.826. The maximum Gasteiger partial charge on any atom is 0.242 e. The second-order valence-corrected chi connectivity index (χ2v) is 6.71. The van der Waals surface area contributed by atoms with Crippen LogP contribution in [0.3, 0.4) is 0 Å². The summed E-state index contributed by atoms with van der Waals surface area (Å²) in [7, 11) is 0. The normalized spacial score (nSPS) is 16.4. The molecule has 0 aliphatic carbocycles. The first-order valence-corrected chi connectivity index (χ1v) is 9.33. The molecule has 1 aromatic carbocycles. The van der Waals surface area contributed by atoms with Gasteiger partial charge in [-0.25, -0.2) is 4.39 Å². The van der Waals surface area contributed by atoms with Gasteiger partial charge in [-0.05, 0) is 50.0 Å². The minimum atomic E-state index is -0.404. The maximum atomic E-state index is 13.3. The van der Waals surface area contributed by atoms with Crippen LogP contribution in [0.15, 0.2) is 30.6 Å². The summed E-state index contributed by atoms with van der Waals surface area (Å²) in [6.07, 6.45) is 6.01. The Morgan fingerprint density at radius 3 is 2.65 bits per heavy atom. The van der Waals surface area contributed by atoms with Crippen molar-refractivity contribution in [3.05, 3.63) is 47.8 Å². The highest BCUT2D eigenvalue weighted by Gasteiger charge is 2.28. The minimum absolute atomic E-state index is 0.0791. The van der Waals surface area contributed by atoms with Crippen LogP contribution in [0.2, 0.25) is 0 Å². The van der Waals surface area contributed by atoms with Crippen molar-refractivity contribution in [3.8, 4) is 0 Å². The Morgan fingerprint density at radius 2 is 1.96 bits per heavy atom. The molecule has 3 rings (SSSR count). The van der Waals surface area contributed by atoms with E-state index in [4.69, 9.17) is 0 Å². The number of aryl methyl sites for hydroxylation is 1. The molecule has 7 heteroatoms. The number of benzene rings is 1. The Morgan fingerprint density at radius 1 is 1.23 bits per heavy atom. The van der Waals surface area contributed by atoms with Gasteiger partial charge >= 0.3 is 0 Å². The molecule has 2 aromatic rings. The SMILES string of the molecule is CCCn1cnnc1CNC(=O)[C@@H](c1ccc(F)cc1)N1CCCCC1. The fraction of sp³-hybridized carbons (Fsp3) is 0.526. The van der Waals surface area contributed by atoms with E-state index in [2.05, 4.69) is 27.3 Å². The summed E-state index contributed by atoms with van der Waals surface area (Å²) in [6.45, 7) is 5.00. The Hall–Kier alpha value is -2.28. The highest BCUT2D eigenvalue weighted by atomic mass is 19.1. The monoisotopic (exact) mass is 359 g/mol. The molecular weight excluding hydrogens is 333 g/mol. The zero-order valence-corrected chi connectivity index (χ0v) is 15.2. The molecule has 6 nitrogen and oxygen atoms in total. The van der Waals surface area contributed by atoms with Gasteiger partial charge in [-0.2, -0.15) is 0 Å². The molecule has 1 atom stereocenters. The highest BCUT2D eigenvalue weighted by Crippen LogP contribution is 2.25. The van der Waals surface area contributed by atoms with Crippen LogP contribution < -0.4 is 5.32 Å². The number of rotatable bonds is 7. The van der Waals surface area contributed by atoms with E-state index in [1.165, 1.54) is 18.6 Å². The van der Waals surface area contributed by atoms with Gasteiger partial charge in [0.1, 0.15) is 18.2 Å². The minimum Gasteiger partial charge on any atom is -0.347 e.